The highest BCUT2D eigenvalue weighted by Gasteiger charge is 2.19. The van der Waals surface area contributed by atoms with E-state index in [2.05, 4.69) is 228 Å². The van der Waals surface area contributed by atoms with Gasteiger partial charge in [-0.05, 0) is 105 Å². The van der Waals surface area contributed by atoms with Crippen LogP contribution in [0, 0.1) is 0 Å². The Kier molecular flexibility index (Phi) is 7.85. The fourth-order valence-corrected chi connectivity index (χ4v) is 8.08. The lowest BCUT2D eigenvalue weighted by atomic mass is 9.94. The summed E-state index contributed by atoms with van der Waals surface area (Å²) in [4.78, 5) is 2.35. The molecule has 0 spiro atoms. The van der Waals surface area contributed by atoms with Crippen molar-refractivity contribution in [1.82, 2.24) is 4.57 Å². The SMILES string of the molecule is c1ccc(-c2cc(-c3cccc4ccccc34)cc(-n3c4ccccc4c4cc(-c5ccccc5N(c5ccccc5)c5ccccc5)ccc43)c2)cc1. The molecule has 0 radical (unpaired) electrons. The van der Waals surface area contributed by atoms with Crippen molar-refractivity contribution >= 4 is 49.6 Å². The second-order valence-electron chi connectivity index (χ2n) is 13.8. The summed E-state index contributed by atoms with van der Waals surface area (Å²) in [7, 11) is 0. The van der Waals surface area contributed by atoms with Gasteiger partial charge in [0.25, 0.3) is 0 Å². The maximum absolute atomic E-state index is 2.45. The third-order valence-electron chi connectivity index (χ3n) is 10.5. The van der Waals surface area contributed by atoms with Gasteiger partial charge in [-0.2, -0.15) is 0 Å². The summed E-state index contributed by atoms with van der Waals surface area (Å²) in [5.74, 6) is 0. The maximum atomic E-state index is 2.45. The van der Waals surface area contributed by atoms with Gasteiger partial charge in [0.05, 0.1) is 16.7 Å². The molecule has 0 saturated heterocycles. The quantitative estimate of drug-likeness (QED) is 0.162. The molecule has 0 amide bonds. The van der Waals surface area contributed by atoms with E-state index in [1.165, 1.54) is 66.0 Å². The monoisotopic (exact) mass is 688 g/mol. The third kappa shape index (κ3) is 5.53. The van der Waals surface area contributed by atoms with Crippen LogP contribution in [0.1, 0.15) is 0 Å². The lowest BCUT2D eigenvalue weighted by Crippen LogP contribution is -2.10. The summed E-state index contributed by atoms with van der Waals surface area (Å²) >= 11 is 0. The highest BCUT2D eigenvalue weighted by atomic mass is 15.1. The highest BCUT2D eigenvalue weighted by Crippen LogP contribution is 2.43. The van der Waals surface area contributed by atoms with Crippen molar-refractivity contribution in [2.45, 2.75) is 0 Å². The molecule has 54 heavy (non-hydrogen) atoms. The Morgan fingerprint density at radius 3 is 1.67 bits per heavy atom. The number of hydrogen-bond donors (Lipinski definition) is 0. The Hall–Kier alpha value is -7.16. The van der Waals surface area contributed by atoms with E-state index in [-0.39, 0.29) is 0 Å². The minimum atomic E-state index is 1.12. The van der Waals surface area contributed by atoms with E-state index >= 15 is 0 Å². The van der Waals surface area contributed by atoms with Crippen molar-refractivity contribution in [3.05, 3.63) is 218 Å². The van der Waals surface area contributed by atoms with Crippen molar-refractivity contribution in [1.29, 1.82) is 0 Å². The topological polar surface area (TPSA) is 8.17 Å². The van der Waals surface area contributed by atoms with Gasteiger partial charge in [0, 0.05) is 33.4 Å². The number of para-hydroxylation sites is 4. The number of anilines is 3. The van der Waals surface area contributed by atoms with Crippen LogP contribution < -0.4 is 4.90 Å². The Labute approximate surface area is 315 Å². The van der Waals surface area contributed by atoms with E-state index in [1.807, 2.05) is 0 Å². The zero-order chi connectivity index (χ0) is 35.8. The molecule has 2 nitrogen and oxygen atoms in total. The van der Waals surface area contributed by atoms with E-state index in [0.717, 1.165) is 22.7 Å². The Morgan fingerprint density at radius 2 is 0.889 bits per heavy atom. The van der Waals surface area contributed by atoms with Gasteiger partial charge < -0.3 is 9.47 Å². The molecule has 0 fully saturated rings. The molecule has 0 saturated carbocycles. The lowest BCUT2D eigenvalue weighted by Gasteiger charge is -2.27. The fourth-order valence-electron chi connectivity index (χ4n) is 8.08. The number of hydrogen-bond acceptors (Lipinski definition) is 1. The normalized spacial score (nSPS) is 11.3. The number of aromatic nitrogens is 1. The molecule has 0 N–H and O–H groups in total. The molecular formula is C52H36N2. The minimum Gasteiger partial charge on any atom is -0.310 e. The molecule has 0 bridgehead atoms. The van der Waals surface area contributed by atoms with Crippen LogP contribution in [0.4, 0.5) is 17.1 Å². The average molecular weight is 689 g/mol. The second kappa shape index (κ2) is 13.4. The number of nitrogens with zero attached hydrogens (tertiary/aromatic N) is 2. The predicted molar refractivity (Wildman–Crippen MR) is 229 cm³/mol. The van der Waals surface area contributed by atoms with E-state index in [9.17, 15) is 0 Å². The van der Waals surface area contributed by atoms with Crippen LogP contribution in [0.5, 0.6) is 0 Å². The van der Waals surface area contributed by atoms with Gasteiger partial charge in [-0.25, -0.2) is 0 Å². The van der Waals surface area contributed by atoms with Gasteiger partial charge in [-0.1, -0.05) is 152 Å². The summed E-state index contributed by atoms with van der Waals surface area (Å²) in [5, 5.41) is 4.94. The molecule has 10 rings (SSSR count). The largest absolute Gasteiger partial charge is 0.310 e. The molecule has 254 valence electrons. The van der Waals surface area contributed by atoms with Crippen LogP contribution in [0.2, 0.25) is 0 Å². The predicted octanol–water partition coefficient (Wildman–Crippen LogP) is 14.4. The average Bonchev–Trinajstić information content (AvgIpc) is 3.58. The second-order valence-corrected chi connectivity index (χ2v) is 13.8. The van der Waals surface area contributed by atoms with Crippen LogP contribution >= 0.6 is 0 Å². The van der Waals surface area contributed by atoms with Crippen molar-refractivity contribution in [3.63, 3.8) is 0 Å². The zero-order valence-electron chi connectivity index (χ0n) is 29.7. The molecule has 2 heteroatoms. The first-order valence-corrected chi connectivity index (χ1v) is 18.5. The molecule has 0 atom stereocenters. The van der Waals surface area contributed by atoms with E-state index in [0.29, 0.717) is 0 Å². The Morgan fingerprint density at radius 1 is 0.315 bits per heavy atom. The van der Waals surface area contributed by atoms with Crippen molar-refractivity contribution in [3.8, 4) is 39.1 Å². The molecule has 0 aliphatic heterocycles. The van der Waals surface area contributed by atoms with Crippen LogP contribution in [-0.2, 0) is 0 Å². The molecule has 10 aromatic rings. The van der Waals surface area contributed by atoms with Gasteiger partial charge >= 0.3 is 0 Å². The molecular weight excluding hydrogens is 653 g/mol. The molecule has 1 aromatic heterocycles. The minimum absolute atomic E-state index is 1.12. The van der Waals surface area contributed by atoms with Crippen molar-refractivity contribution in [2.75, 3.05) is 4.90 Å². The molecule has 0 unspecified atom stereocenters. The van der Waals surface area contributed by atoms with E-state index in [4.69, 9.17) is 0 Å². The number of benzene rings is 9. The lowest BCUT2D eigenvalue weighted by molar-refractivity contribution is 1.18. The first-order chi connectivity index (χ1) is 26.8. The van der Waals surface area contributed by atoms with Crippen molar-refractivity contribution in [2.24, 2.45) is 0 Å². The van der Waals surface area contributed by atoms with Crippen molar-refractivity contribution < 1.29 is 0 Å². The summed E-state index contributed by atoms with van der Waals surface area (Å²) in [6.07, 6.45) is 0. The Bertz CT molecular complexity index is 2880. The fraction of sp³-hybridized carbons (Fsp3) is 0. The Balaban J connectivity index is 1.19. The number of rotatable bonds is 7. The number of fused-ring (bicyclic) bond motifs is 4. The van der Waals surface area contributed by atoms with Crippen LogP contribution in [0.25, 0.3) is 71.6 Å². The smallest absolute Gasteiger partial charge is 0.0541 e. The van der Waals surface area contributed by atoms with Gasteiger partial charge in [-0.15, -0.1) is 0 Å². The highest BCUT2D eigenvalue weighted by molar-refractivity contribution is 6.11. The van der Waals surface area contributed by atoms with Gasteiger partial charge in [0.2, 0.25) is 0 Å². The summed E-state index contributed by atoms with van der Waals surface area (Å²) in [6.45, 7) is 0. The summed E-state index contributed by atoms with van der Waals surface area (Å²) in [6, 6.07) is 78.9. The first kappa shape index (κ1) is 31.6. The molecule has 9 aromatic carbocycles. The molecule has 0 aliphatic carbocycles. The van der Waals surface area contributed by atoms with Crippen LogP contribution in [-0.4, -0.2) is 4.57 Å². The maximum Gasteiger partial charge on any atom is 0.0541 e. The molecule has 1 heterocycles. The van der Waals surface area contributed by atoms with E-state index in [1.54, 1.807) is 0 Å². The van der Waals surface area contributed by atoms with Crippen LogP contribution in [0.15, 0.2) is 218 Å². The summed E-state index contributed by atoms with van der Waals surface area (Å²) < 4.78 is 2.45. The van der Waals surface area contributed by atoms with Gasteiger partial charge in [0.1, 0.15) is 0 Å². The summed E-state index contributed by atoms with van der Waals surface area (Å²) in [5.41, 5.74) is 14.0. The van der Waals surface area contributed by atoms with E-state index < -0.39 is 0 Å². The van der Waals surface area contributed by atoms with Gasteiger partial charge in [-0.3, -0.25) is 0 Å². The standard InChI is InChI=1S/C52H36N2/c1-4-17-37(18-5-1)40-33-41(46-28-16-20-38-19-10-11-25-45(38)46)35-44(34-40)54-51-30-15-13-27-48(51)49-36-39(31-32-52(49)54)47-26-12-14-29-50(47)53(42-21-6-2-7-22-42)43-23-8-3-9-24-43/h1-36H. The molecule has 0 aliphatic rings. The first-order valence-electron chi connectivity index (χ1n) is 18.5. The zero-order valence-corrected chi connectivity index (χ0v) is 29.7. The third-order valence-corrected chi connectivity index (χ3v) is 10.5. The van der Waals surface area contributed by atoms with Gasteiger partial charge in [0.15, 0.2) is 0 Å². The van der Waals surface area contributed by atoms with Crippen LogP contribution in [0.3, 0.4) is 0 Å².